The van der Waals surface area contributed by atoms with Crippen LogP contribution in [-0.2, 0) is 11.2 Å². The smallest absolute Gasteiger partial charge is 0.157 e. The minimum Gasteiger partial charge on any atom is -0.373 e. The second-order valence-corrected chi connectivity index (χ2v) is 7.01. The third-order valence-corrected chi connectivity index (χ3v) is 4.10. The summed E-state index contributed by atoms with van der Waals surface area (Å²) >= 11 is 0. The van der Waals surface area contributed by atoms with E-state index in [4.69, 9.17) is 9.72 Å². The molecular weight excluding hydrogens is 262 g/mol. The lowest BCUT2D eigenvalue weighted by molar-refractivity contribution is 0.00839. The molecule has 0 amide bonds. The molecule has 0 aliphatic heterocycles. The molecule has 1 aliphatic carbocycles. The van der Waals surface area contributed by atoms with Gasteiger partial charge in [-0.05, 0) is 37.6 Å². The molecule has 1 aliphatic rings. The molecule has 0 saturated carbocycles. The molecule has 0 spiro atoms. The van der Waals surface area contributed by atoms with E-state index in [0.717, 1.165) is 25.2 Å². The minimum atomic E-state index is -0.0632. The molecule has 2 atom stereocenters. The lowest BCUT2D eigenvalue weighted by Crippen LogP contribution is -2.28. The number of nitrogens with one attached hydrogen (secondary N) is 1. The van der Waals surface area contributed by atoms with Crippen LogP contribution < -0.4 is 5.32 Å². The number of aromatic nitrogens is 2. The molecule has 0 radical (unpaired) electrons. The van der Waals surface area contributed by atoms with E-state index in [1.807, 2.05) is 6.20 Å². The van der Waals surface area contributed by atoms with Gasteiger partial charge in [0.05, 0.1) is 0 Å². The van der Waals surface area contributed by atoms with Crippen LogP contribution in [-0.4, -0.2) is 23.6 Å². The van der Waals surface area contributed by atoms with E-state index in [-0.39, 0.29) is 11.5 Å². The lowest BCUT2D eigenvalue weighted by Gasteiger charge is -2.30. The Hall–Kier alpha value is -1.00. The van der Waals surface area contributed by atoms with E-state index in [0.29, 0.717) is 6.04 Å². The Morgan fingerprint density at radius 1 is 1.43 bits per heavy atom. The first-order valence-corrected chi connectivity index (χ1v) is 8.09. The normalized spacial score (nSPS) is 20.1. The highest BCUT2D eigenvalue weighted by atomic mass is 16.5. The Labute approximate surface area is 128 Å². The first-order valence-electron chi connectivity index (χ1n) is 8.09. The maximum absolute atomic E-state index is 5.64. The summed E-state index contributed by atoms with van der Waals surface area (Å²) in [5.41, 5.74) is 2.48. The molecule has 2 rings (SSSR count). The fourth-order valence-electron chi connectivity index (χ4n) is 3.07. The standard InChI is InChI=1S/C17H29N3O/c1-6-10-18-13-8-7-9-14-12(13)11-19-16(20-14)15(21-5)17(2,3)4/h11,13,15,18H,6-10H2,1-5H3. The van der Waals surface area contributed by atoms with E-state index in [9.17, 15) is 0 Å². The van der Waals surface area contributed by atoms with Crippen LogP contribution in [0, 0.1) is 5.41 Å². The number of fused-ring (bicyclic) bond motifs is 1. The number of hydrogen-bond acceptors (Lipinski definition) is 4. The molecule has 4 nitrogen and oxygen atoms in total. The van der Waals surface area contributed by atoms with Crippen molar-refractivity contribution in [1.29, 1.82) is 0 Å². The van der Waals surface area contributed by atoms with Gasteiger partial charge in [-0.3, -0.25) is 0 Å². The average Bonchev–Trinajstić information content (AvgIpc) is 2.44. The molecule has 4 heteroatoms. The molecule has 1 N–H and O–H groups in total. The van der Waals surface area contributed by atoms with Crippen LogP contribution in [0.4, 0.5) is 0 Å². The van der Waals surface area contributed by atoms with E-state index >= 15 is 0 Å². The van der Waals surface area contributed by atoms with Crippen molar-refractivity contribution in [3.63, 3.8) is 0 Å². The predicted octanol–water partition coefficient (Wildman–Crippen LogP) is 3.59. The second kappa shape index (κ2) is 6.84. The van der Waals surface area contributed by atoms with E-state index < -0.39 is 0 Å². The zero-order valence-electron chi connectivity index (χ0n) is 14.1. The molecule has 0 saturated heterocycles. The summed E-state index contributed by atoms with van der Waals surface area (Å²) in [4.78, 5) is 9.44. The second-order valence-electron chi connectivity index (χ2n) is 7.01. The number of methoxy groups -OCH3 is 1. The highest BCUT2D eigenvalue weighted by Gasteiger charge is 2.30. The minimum absolute atomic E-state index is 0.00246. The number of hydrogen-bond donors (Lipinski definition) is 1. The Morgan fingerprint density at radius 2 is 2.19 bits per heavy atom. The SMILES string of the molecule is CCCNC1CCCc2nc(C(OC)C(C)(C)C)ncc21. The third-order valence-electron chi connectivity index (χ3n) is 4.10. The van der Waals surface area contributed by atoms with Gasteiger partial charge in [-0.1, -0.05) is 27.7 Å². The molecule has 1 aromatic rings. The Kier molecular flexibility index (Phi) is 5.33. The predicted molar refractivity (Wildman–Crippen MR) is 85.2 cm³/mol. The molecule has 1 heterocycles. The van der Waals surface area contributed by atoms with Crippen LogP contribution in [0.15, 0.2) is 6.20 Å². The zero-order chi connectivity index (χ0) is 15.5. The Balaban J connectivity index is 2.26. The van der Waals surface area contributed by atoms with Gasteiger partial charge in [0.25, 0.3) is 0 Å². The maximum atomic E-state index is 5.64. The summed E-state index contributed by atoms with van der Waals surface area (Å²) in [5.74, 6) is 0.819. The first kappa shape index (κ1) is 16.4. The zero-order valence-corrected chi connectivity index (χ0v) is 14.1. The fraction of sp³-hybridized carbons (Fsp3) is 0.765. The van der Waals surface area contributed by atoms with Crippen molar-refractivity contribution >= 4 is 0 Å². The molecule has 0 bridgehead atoms. The van der Waals surface area contributed by atoms with Gasteiger partial charge in [0, 0.05) is 30.6 Å². The number of rotatable bonds is 5. The lowest BCUT2D eigenvalue weighted by atomic mass is 9.87. The highest BCUT2D eigenvalue weighted by Crippen LogP contribution is 2.35. The van der Waals surface area contributed by atoms with E-state index in [1.54, 1.807) is 7.11 Å². The highest BCUT2D eigenvalue weighted by molar-refractivity contribution is 5.25. The molecule has 118 valence electrons. The van der Waals surface area contributed by atoms with Gasteiger partial charge in [-0.15, -0.1) is 0 Å². The van der Waals surface area contributed by atoms with Crippen LogP contribution in [0.3, 0.4) is 0 Å². The summed E-state index contributed by atoms with van der Waals surface area (Å²) in [7, 11) is 1.74. The van der Waals surface area contributed by atoms with Crippen molar-refractivity contribution in [2.45, 2.75) is 65.5 Å². The van der Waals surface area contributed by atoms with Crippen LogP contribution >= 0.6 is 0 Å². The van der Waals surface area contributed by atoms with Gasteiger partial charge in [0.2, 0.25) is 0 Å². The van der Waals surface area contributed by atoms with Crippen molar-refractivity contribution < 1.29 is 4.74 Å². The van der Waals surface area contributed by atoms with Crippen LogP contribution in [0.2, 0.25) is 0 Å². The van der Waals surface area contributed by atoms with E-state index in [2.05, 4.69) is 38.0 Å². The molecule has 1 aromatic heterocycles. The van der Waals surface area contributed by atoms with Gasteiger partial charge in [0.15, 0.2) is 5.82 Å². The van der Waals surface area contributed by atoms with Crippen LogP contribution in [0.5, 0.6) is 0 Å². The number of ether oxygens (including phenoxy) is 1. The van der Waals surface area contributed by atoms with Crippen molar-refractivity contribution in [3.05, 3.63) is 23.3 Å². The number of nitrogens with zero attached hydrogens (tertiary/aromatic N) is 2. The van der Waals surface area contributed by atoms with Crippen molar-refractivity contribution in [2.75, 3.05) is 13.7 Å². The van der Waals surface area contributed by atoms with Crippen LogP contribution in [0.25, 0.3) is 0 Å². The summed E-state index contributed by atoms with van der Waals surface area (Å²) in [5, 5.41) is 3.61. The molecular formula is C17H29N3O. The quantitative estimate of drug-likeness (QED) is 0.900. The topological polar surface area (TPSA) is 47.0 Å². The average molecular weight is 291 g/mol. The van der Waals surface area contributed by atoms with Gasteiger partial charge in [-0.2, -0.15) is 0 Å². The summed E-state index contributed by atoms with van der Waals surface area (Å²) < 4.78 is 5.64. The summed E-state index contributed by atoms with van der Waals surface area (Å²) in [6.07, 6.45) is 6.53. The maximum Gasteiger partial charge on any atom is 0.157 e. The van der Waals surface area contributed by atoms with Gasteiger partial charge in [-0.25, -0.2) is 9.97 Å². The summed E-state index contributed by atoms with van der Waals surface area (Å²) in [6, 6.07) is 0.415. The van der Waals surface area contributed by atoms with Crippen LogP contribution in [0.1, 0.15) is 76.2 Å². The van der Waals surface area contributed by atoms with Gasteiger partial charge >= 0.3 is 0 Å². The largest absolute Gasteiger partial charge is 0.373 e. The van der Waals surface area contributed by atoms with Gasteiger partial charge in [0.1, 0.15) is 6.10 Å². The Morgan fingerprint density at radius 3 is 2.81 bits per heavy atom. The van der Waals surface area contributed by atoms with Gasteiger partial charge < -0.3 is 10.1 Å². The van der Waals surface area contributed by atoms with Crippen molar-refractivity contribution in [3.8, 4) is 0 Å². The third kappa shape index (κ3) is 3.80. The van der Waals surface area contributed by atoms with E-state index in [1.165, 1.54) is 24.1 Å². The first-order chi connectivity index (χ1) is 9.97. The molecule has 21 heavy (non-hydrogen) atoms. The monoisotopic (exact) mass is 291 g/mol. The Bertz CT molecular complexity index is 468. The fourth-order valence-corrected chi connectivity index (χ4v) is 3.07. The summed E-state index contributed by atoms with van der Waals surface area (Å²) in [6.45, 7) is 9.73. The molecule has 2 unspecified atom stereocenters. The van der Waals surface area contributed by atoms with Crippen molar-refractivity contribution in [2.24, 2.45) is 5.41 Å². The number of aryl methyl sites for hydroxylation is 1. The molecule has 0 aromatic carbocycles. The molecule has 0 fully saturated rings. The van der Waals surface area contributed by atoms with Crippen molar-refractivity contribution in [1.82, 2.24) is 15.3 Å².